The van der Waals surface area contributed by atoms with Crippen molar-refractivity contribution >= 4 is 13.0 Å². The maximum absolute atomic E-state index is 10.4. The number of hydrogen-bond donors (Lipinski definition) is 1. The smallest absolute Gasteiger partial charge is 0.402 e. The van der Waals surface area contributed by atoms with Crippen molar-refractivity contribution < 1.29 is 14.3 Å². The van der Waals surface area contributed by atoms with Crippen LogP contribution < -0.4 is 4.90 Å². The van der Waals surface area contributed by atoms with Gasteiger partial charge in [0.1, 0.15) is 0 Å². The van der Waals surface area contributed by atoms with Crippen LogP contribution in [-0.4, -0.2) is 25.4 Å². The van der Waals surface area contributed by atoms with E-state index in [-0.39, 0.29) is 12.2 Å². The molecule has 3 aromatic rings. The van der Waals surface area contributed by atoms with Gasteiger partial charge in [0, 0.05) is 18.8 Å². The van der Waals surface area contributed by atoms with E-state index in [0.29, 0.717) is 13.1 Å². The molecule has 0 amide bonds. The topological polar surface area (TPSA) is 41.9 Å². The van der Waals surface area contributed by atoms with E-state index in [1.165, 1.54) is 0 Å². The lowest BCUT2D eigenvalue weighted by molar-refractivity contribution is 0.0429. The lowest BCUT2D eigenvalue weighted by Gasteiger charge is -2.36. The lowest BCUT2D eigenvalue weighted by atomic mass is 10.0. The van der Waals surface area contributed by atoms with Gasteiger partial charge >= 0.3 is 7.32 Å². The summed E-state index contributed by atoms with van der Waals surface area (Å²) in [6.45, 7) is 1.25. The molecular formula is C22H22BNO3. The summed E-state index contributed by atoms with van der Waals surface area (Å²) in [6, 6.07) is 30.1. The van der Waals surface area contributed by atoms with E-state index in [2.05, 4.69) is 17.0 Å². The average molecular weight is 359 g/mol. The highest BCUT2D eigenvalue weighted by Crippen LogP contribution is 2.30. The molecule has 1 aliphatic heterocycles. The Morgan fingerprint density at radius 1 is 0.667 bits per heavy atom. The Balaban J connectivity index is 1.66. The molecule has 5 heteroatoms. The predicted octanol–water partition coefficient (Wildman–Crippen LogP) is 4.00. The molecule has 4 rings (SSSR count). The van der Waals surface area contributed by atoms with Gasteiger partial charge in [-0.2, -0.15) is 0 Å². The van der Waals surface area contributed by atoms with Gasteiger partial charge in [-0.3, -0.25) is 0 Å². The predicted molar refractivity (Wildman–Crippen MR) is 107 cm³/mol. The fraction of sp³-hybridized carbons (Fsp3) is 0.182. The SMILES string of the molecule is OB1OC(c2ccccc2)CN(c2ccccc2)CC(c2ccccc2)O1. The zero-order chi connectivity index (χ0) is 18.5. The quantitative estimate of drug-likeness (QED) is 0.718. The maximum atomic E-state index is 10.4. The molecule has 1 N–H and O–H groups in total. The van der Waals surface area contributed by atoms with Crippen molar-refractivity contribution in [2.24, 2.45) is 0 Å². The van der Waals surface area contributed by atoms with Crippen LogP contribution in [0.25, 0.3) is 0 Å². The normalized spacial score (nSPS) is 20.8. The van der Waals surface area contributed by atoms with Crippen molar-refractivity contribution in [1.29, 1.82) is 0 Å². The van der Waals surface area contributed by atoms with Crippen LogP contribution in [0.3, 0.4) is 0 Å². The summed E-state index contributed by atoms with van der Waals surface area (Å²) in [5, 5.41) is 10.4. The molecular weight excluding hydrogens is 337 g/mol. The first-order chi connectivity index (χ1) is 13.3. The van der Waals surface area contributed by atoms with Crippen molar-refractivity contribution in [3.8, 4) is 0 Å². The van der Waals surface area contributed by atoms with E-state index in [0.717, 1.165) is 16.8 Å². The molecule has 0 aliphatic carbocycles. The third-order valence-corrected chi connectivity index (χ3v) is 4.80. The Hall–Kier alpha value is -2.60. The zero-order valence-corrected chi connectivity index (χ0v) is 15.0. The molecule has 0 saturated carbocycles. The van der Waals surface area contributed by atoms with Gasteiger partial charge in [0.25, 0.3) is 0 Å². The van der Waals surface area contributed by atoms with Crippen molar-refractivity contribution in [1.82, 2.24) is 0 Å². The Bertz CT molecular complexity index is 780. The highest BCUT2D eigenvalue weighted by molar-refractivity contribution is 6.34. The first kappa shape index (κ1) is 17.8. The molecule has 4 nitrogen and oxygen atoms in total. The number of nitrogens with zero attached hydrogens (tertiary/aromatic N) is 1. The lowest BCUT2D eigenvalue weighted by Crippen LogP contribution is -2.42. The van der Waals surface area contributed by atoms with Crippen LogP contribution in [0, 0.1) is 0 Å². The van der Waals surface area contributed by atoms with Crippen LogP contribution in [-0.2, 0) is 9.31 Å². The summed E-state index contributed by atoms with van der Waals surface area (Å²) >= 11 is 0. The number of benzene rings is 3. The van der Waals surface area contributed by atoms with Gasteiger partial charge < -0.3 is 19.2 Å². The third-order valence-electron chi connectivity index (χ3n) is 4.80. The number of hydrogen-bond acceptors (Lipinski definition) is 4. The summed E-state index contributed by atoms with van der Waals surface area (Å²) in [5.74, 6) is 0. The standard InChI is InChI=1S/C22H22BNO3/c25-23-26-21(18-10-4-1-5-11-18)16-24(20-14-8-3-9-15-20)17-22(27-23)19-12-6-2-7-13-19/h1-15,21-22,25H,16-17H2. The monoisotopic (exact) mass is 359 g/mol. The summed E-state index contributed by atoms with van der Waals surface area (Å²) in [4.78, 5) is 2.25. The molecule has 0 bridgehead atoms. The van der Waals surface area contributed by atoms with Crippen molar-refractivity contribution in [2.45, 2.75) is 12.2 Å². The minimum absolute atomic E-state index is 0.293. The van der Waals surface area contributed by atoms with Crippen LogP contribution in [0.5, 0.6) is 0 Å². The first-order valence-electron chi connectivity index (χ1n) is 9.18. The van der Waals surface area contributed by atoms with Gasteiger partial charge in [-0.25, -0.2) is 0 Å². The van der Waals surface area contributed by atoms with E-state index >= 15 is 0 Å². The minimum atomic E-state index is -1.28. The Morgan fingerprint density at radius 3 is 1.52 bits per heavy atom. The van der Waals surface area contributed by atoms with E-state index in [9.17, 15) is 5.02 Å². The molecule has 2 atom stereocenters. The van der Waals surface area contributed by atoms with E-state index in [4.69, 9.17) is 9.31 Å². The first-order valence-corrected chi connectivity index (χ1v) is 9.18. The summed E-state index contributed by atoms with van der Waals surface area (Å²) in [6.07, 6.45) is -0.587. The molecule has 1 heterocycles. The van der Waals surface area contributed by atoms with Crippen LogP contribution in [0.4, 0.5) is 5.69 Å². The molecule has 27 heavy (non-hydrogen) atoms. The molecule has 1 saturated heterocycles. The second-order valence-corrected chi connectivity index (χ2v) is 6.62. The molecule has 2 unspecified atom stereocenters. The van der Waals surface area contributed by atoms with Gasteiger partial charge in [-0.05, 0) is 23.3 Å². The Kier molecular flexibility index (Phi) is 5.54. The van der Waals surface area contributed by atoms with Crippen LogP contribution in [0.15, 0.2) is 91.0 Å². The van der Waals surface area contributed by atoms with Gasteiger partial charge in [0.15, 0.2) is 0 Å². The molecule has 0 aromatic heterocycles. The van der Waals surface area contributed by atoms with E-state index in [1.807, 2.05) is 78.9 Å². The van der Waals surface area contributed by atoms with E-state index in [1.54, 1.807) is 0 Å². The zero-order valence-electron chi connectivity index (χ0n) is 15.0. The molecule has 1 fully saturated rings. The Morgan fingerprint density at radius 2 is 1.07 bits per heavy atom. The number of para-hydroxylation sites is 1. The highest BCUT2D eigenvalue weighted by Gasteiger charge is 2.33. The fourth-order valence-electron chi connectivity index (χ4n) is 3.43. The molecule has 1 aliphatic rings. The number of anilines is 1. The van der Waals surface area contributed by atoms with Crippen LogP contribution >= 0.6 is 0 Å². The summed E-state index contributed by atoms with van der Waals surface area (Å²) in [7, 11) is -1.28. The van der Waals surface area contributed by atoms with E-state index < -0.39 is 7.32 Å². The third kappa shape index (κ3) is 4.39. The molecule has 3 aromatic carbocycles. The summed E-state index contributed by atoms with van der Waals surface area (Å²) < 4.78 is 11.7. The Labute approximate surface area is 160 Å². The molecule has 0 spiro atoms. The van der Waals surface area contributed by atoms with Gasteiger partial charge in [0.05, 0.1) is 12.2 Å². The minimum Gasteiger partial charge on any atom is -0.402 e. The van der Waals surface area contributed by atoms with Gasteiger partial charge in [-0.15, -0.1) is 0 Å². The molecule has 136 valence electrons. The van der Waals surface area contributed by atoms with Crippen molar-refractivity contribution in [2.75, 3.05) is 18.0 Å². The fourth-order valence-corrected chi connectivity index (χ4v) is 3.43. The van der Waals surface area contributed by atoms with Crippen molar-refractivity contribution in [3.05, 3.63) is 102 Å². The van der Waals surface area contributed by atoms with Crippen LogP contribution in [0.1, 0.15) is 23.3 Å². The van der Waals surface area contributed by atoms with Gasteiger partial charge in [-0.1, -0.05) is 78.9 Å². The second kappa shape index (κ2) is 8.40. The maximum Gasteiger partial charge on any atom is 0.637 e. The summed E-state index contributed by atoms with van der Waals surface area (Å²) in [5.41, 5.74) is 3.13. The molecule has 0 radical (unpaired) electrons. The van der Waals surface area contributed by atoms with Crippen LogP contribution in [0.2, 0.25) is 0 Å². The average Bonchev–Trinajstić information content (AvgIpc) is 2.72. The number of rotatable bonds is 3. The highest BCUT2D eigenvalue weighted by atomic mass is 16.7. The second-order valence-electron chi connectivity index (χ2n) is 6.62. The van der Waals surface area contributed by atoms with Crippen molar-refractivity contribution in [3.63, 3.8) is 0 Å². The van der Waals surface area contributed by atoms with Gasteiger partial charge in [0.2, 0.25) is 0 Å². The largest absolute Gasteiger partial charge is 0.637 e.